The van der Waals surface area contributed by atoms with E-state index in [1.807, 2.05) is 42.5 Å². The molecule has 4 aromatic rings. The zero-order valence-electron chi connectivity index (χ0n) is 20.7. The van der Waals surface area contributed by atoms with Gasteiger partial charge in [-0.2, -0.15) is 5.10 Å². The predicted molar refractivity (Wildman–Crippen MR) is 148 cm³/mol. The first-order valence-corrected chi connectivity index (χ1v) is 12.8. The number of hydrogen-bond acceptors (Lipinski definition) is 5. The number of carbonyl (C=O) groups is 1. The molecule has 0 saturated carbocycles. The maximum absolute atomic E-state index is 13.6. The molecule has 0 aromatic heterocycles. The molecule has 0 aliphatic carbocycles. The number of anilines is 1. The second-order valence-electron chi connectivity index (χ2n) is 9.76. The molecule has 1 saturated heterocycles. The van der Waals surface area contributed by atoms with Crippen molar-refractivity contribution < 1.29 is 9.90 Å². The summed E-state index contributed by atoms with van der Waals surface area (Å²) < 4.78 is 0. The van der Waals surface area contributed by atoms with Gasteiger partial charge in [0.15, 0.2) is 0 Å². The summed E-state index contributed by atoms with van der Waals surface area (Å²) in [4.78, 5) is 18.1. The molecule has 6 rings (SSSR count). The van der Waals surface area contributed by atoms with Crippen LogP contribution in [0.15, 0.2) is 102 Å². The summed E-state index contributed by atoms with van der Waals surface area (Å²) >= 11 is 0. The Morgan fingerprint density at radius 3 is 2.27 bits per heavy atom. The van der Waals surface area contributed by atoms with Crippen LogP contribution in [-0.2, 0) is 4.79 Å². The smallest absolute Gasteiger partial charge is 0.257 e. The van der Waals surface area contributed by atoms with Crippen LogP contribution in [0.3, 0.4) is 0 Å². The number of fused-ring (bicyclic) bond motifs is 1. The van der Waals surface area contributed by atoms with E-state index < -0.39 is 0 Å². The zero-order chi connectivity index (χ0) is 25.2. The summed E-state index contributed by atoms with van der Waals surface area (Å²) in [5, 5.41) is 18.5. The third-order valence-corrected chi connectivity index (χ3v) is 7.38. The molecule has 1 atom stereocenters. The van der Waals surface area contributed by atoms with Gasteiger partial charge in [0.05, 0.1) is 18.3 Å². The highest BCUT2D eigenvalue weighted by molar-refractivity contribution is 6.05. The molecule has 6 heteroatoms. The molecular formula is C31H30N4O2. The van der Waals surface area contributed by atoms with Crippen molar-refractivity contribution in [2.75, 3.05) is 37.6 Å². The van der Waals surface area contributed by atoms with Crippen molar-refractivity contribution >= 4 is 28.1 Å². The Balaban J connectivity index is 1.19. The maximum atomic E-state index is 13.6. The van der Waals surface area contributed by atoms with Crippen LogP contribution >= 0.6 is 0 Å². The fourth-order valence-electron chi connectivity index (χ4n) is 5.31. The topological polar surface area (TPSA) is 59.4 Å². The lowest BCUT2D eigenvalue weighted by Gasteiger charge is -2.36. The predicted octanol–water partition coefficient (Wildman–Crippen LogP) is 5.05. The molecular weight excluding hydrogens is 460 g/mol. The van der Waals surface area contributed by atoms with E-state index in [-0.39, 0.29) is 17.7 Å². The number of phenolic OH excluding ortho intramolecular Hbond substituents is 1. The van der Waals surface area contributed by atoms with Crippen molar-refractivity contribution in [1.29, 1.82) is 0 Å². The molecule has 1 amide bonds. The Kier molecular flexibility index (Phi) is 6.33. The van der Waals surface area contributed by atoms with Crippen molar-refractivity contribution in [1.82, 2.24) is 9.91 Å². The monoisotopic (exact) mass is 490 g/mol. The number of phenols is 1. The van der Waals surface area contributed by atoms with Crippen LogP contribution in [0.25, 0.3) is 10.8 Å². The van der Waals surface area contributed by atoms with Gasteiger partial charge in [0.2, 0.25) is 0 Å². The summed E-state index contributed by atoms with van der Waals surface area (Å²) in [6, 6.07) is 32.2. The van der Waals surface area contributed by atoms with Crippen LogP contribution < -0.4 is 4.90 Å². The number of hydrogen-bond donors (Lipinski definition) is 1. The average Bonchev–Trinajstić information content (AvgIpc) is 3.40. The Bertz CT molecular complexity index is 1430. The van der Waals surface area contributed by atoms with Crippen molar-refractivity contribution in [2.24, 2.45) is 5.10 Å². The first kappa shape index (κ1) is 23.3. The molecule has 0 spiro atoms. The molecule has 186 valence electrons. The van der Waals surface area contributed by atoms with Gasteiger partial charge in [-0.1, -0.05) is 66.7 Å². The van der Waals surface area contributed by atoms with Gasteiger partial charge in [0.1, 0.15) is 5.75 Å². The van der Waals surface area contributed by atoms with E-state index in [0.717, 1.165) is 48.7 Å². The number of piperazine rings is 1. The van der Waals surface area contributed by atoms with Crippen molar-refractivity contribution in [3.8, 4) is 5.75 Å². The average molecular weight is 491 g/mol. The second-order valence-corrected chi connectivity index (χ2v) is 9.76. The van der Waals surface area contributed by atoms with Gasteiger partial charge in [-0.25, -0.2) is 5.01 Å². The normalized spacial score (nSPS) is 18.3. The first-order chi connectivity index (χ1) is 18.1. The Morgan fingerprint density at radius 2 is 1.51 bits per heavy atom. The van der Waals surface area contributed by atoms with Crippen molar-refractivity contribution in [3.63, 3.8) is 0 Å². The van der Waals surface area contributed by atoms with E-state index in [1.165, 1.54) is 10.8 Å². The largest absolute Gasteiger partial charge is 0.508 e. The Hall–Kier alpha value is -4.16. The molecule has 37 heavy (non-hydrogen) atoms. The van der Waals surface area contributed by atoms with Crippen LogP contribution in [0.2, 0.25) is 0 Å². The van der Waals surface area contributed by atoms with E-state index in [9.17, 15) is 9.90 Å². The molecule has 4 aromatic carbocycles. The number of amides is 1. The molecule has 2 aliphatic rings. The highest BCUT2D eigenvalue weighted by Crippen LogP contribution is 2.33. The highest BCUT2D eigenvalue weighted by atomic mass is 16.3. The Morgan fingerprint density at radius 1 is 0.811 bits per heavy atom. The van der Waals surface area contributed by atoms with E-state index in [4.69, 9.17) is 5.10 Å². The molecule has 6 nitrogen and oxygen atoms in total. The zero-order valence-corrected chi connectivity index (χ0v) is 20.7. The summed E-state index contributed by atoms with van der Waals surface area (Å²) in [6.07, 6.45) is 0.697. The molecule has 0 bridgehead atoms. The van der Waals surface area contributed by atoms with Crippen LogP contribution in [0.1, 0.15) is 23.6 Å². The molecule has 2 aliphatic heterocycles. The minimum atomic E-state index is -0.103. The van der Waals surface area contributed by atoms with Gasteiger partial charge < -0.3 is 10.0 Å². The number of aromatic hydroxyl groups is 1. The van der Waals surface area contributed by atoms with Gasteiger partial charge in [-0.15, -0.1) is 0 Å². The van der Waals surface area contributed by atoms with Gasteiger partial charge >= 0.3 is 0 Å². The van der Waals surface area contributed by atoms with Gasteiger partial charge in [0, 0.05) is 38.3 Å². The lowest BCUT2D eigenvalue weighted by atomic mass is 9.97. The molecule has 0 radical (unpaired) electrons. The third kappa shape index (κ3) is 4.93. The fraction of sp³-hybridized carbons (Fsp3) is 0.226. The van der Waals surface area contributed by atoms with E-state index in [2.05, 4.69) is 52.3 Å². The van der Waals surface area contributed by atoms with Crippen LogP contribution in [-0.4, -0.2) is 59.4 Å². The third-order valence-electron chi connectivity index (χ3n) is 7.38. The molecule has 0 unspecified atom stereocenters. The number of carbonyl (C=O) groups excluding carboxylic acids is 1. The lowest BCUT2D eigenvalue weighted by molar-refractivity contribution is -0.134. The Labute approximate surface area is 217 Å². The van der Waals surface area contributed by atoms with Crippen molar-refractivity contribution in [3.05, 3.63) is 108 Å². The summed E-state index contributed by atoms with van der Waals surface area (Å²) in [6.45, 7) is 3.63. The van der Waals surface area contributed by atoms with Crippen LogP contribution in [0.5, 0.6) is 5.75 Å². The highest BCUT2D eigenvalue weighted by Gasteiger charge is 2.34. The summed E-state index contributed by atoms with van der Waals surface area (Å²) in [7, 11) is 0. The quantitative estimate of drug-likeness (QED) is 0.426. The number of hydrazone groups is 1. The van der Waals surface area contributed by atoms with Gasteiger partial charge in [-0.05, 0) is 52.2 Å². The van der Waals surface area contributed by atoms with Gasteiger partial charge in [0.25, 0.3) is 5.91 Å². The number of rotatable bonds is 5. The van der Waals surface area contributed by atoms with Gasteiger partial charge in [-0.3, -0.25) is 9.69 Å². The second kappa shape index (κ2) is 10.1. The fourth-order valence-corrected chi connectivity index (χ4v) is 5.31. The molecule has 2 heterocycles. The summed E-state index contributed by atoms with van der Waals surface area (Å²) in [5.74, 6) is 0.304. The standard InChI is InChI=1S/C31H30N4O2/c36-28-14-12-27(13-15-28)34-18-16-33(17-19-34)22-31(37)35-30(24-7-2-1-3-8-24)21-29(32-35)26-11-10-23-6-4-5-9-25(23)20-26/h1-15,20,30,36H,16-19,21-22H2/t30-/m0/s1. The molecule has 1 fully saturated rings. The molecule has 1 N–H and O–H groups in total. The van der Waals surface area contributed by atoms with E-state index in [1.54, 1.807) is 17.1 Å². The first-order valence-electron chi connectivity index (χ1n) is 12.8. The number of nitrogens with zero attached hydrogens (tertiary/aromatic N) is 4. The number of benzene rings is 4. The minimum Gasteiger partial charge on any atom is -0.508 e. The van der Waals surface area contributed by atoms with E-state index in [0.29, 0.717) is 13.0 Å². The van der Waals surface area contributed by atoms with Crippen molar-refractivity contribution in [2.45, 2.75) is 12.5 Å². The van der Waals surface area contributed by atoms with Crippen LogP contribution in [0, 0.1) is 0 Å². The lowest BCUT2D eigenvalue weighted by Crippen LogP contribution is -2.49. The van der Waals surface area contributed by atoms with Crippen LogP contribution in [0.4, 0.5) is 5.69 Å². The van der Waals surface area contributed by atoms with E-state index >= 15 is 0 Å². The summed E-state index contributed by atoms with van der Waals surface area (Å²) in [5.41, 5.74) is 4.21. The maximum Gasteiger partial charge on any atom is 0.257 e. The SMILES string of the molecule is O=C(CN1CCN(c2ccc(O)cc2)CC1)N1N=C(c2ccc3ccccc3c2)C[C@H]1c1ccccc1. The minimum absolute atomic E-state index is 0.0303.